The highest BCUT2D eigenvalue weighted by molar-refractivity contribution is 9.10. The van der Waals surface area contributed by atoms with E-state index in [-0.39, 0.29) is 16.1 Å². The first kappa shape index (κ1) is 15.5. The predicted molar refractivity (Wildman–Crippen MR) is 83.1 cm³/mol. The molecule has 0 bridgehead atoms. The Kier molecular flexibility index (Phi) is 4.34. The van der Waals surface area contributed by atoms with Crippen LogP contribution in [0.5, 0.6) is 0 Å². The van der Waals surface area contributed by atoms with E-state index in [1.54, 1.807) is 31.2 Å². The minimum absolute atomic E-state index is 0.0523. The number of sulfonamides is 1. The summed E-state index contributed by atoms with van der Waals surface area (Å²) >= 11 is 3.21. The maximum Gasteiger partial charge on any atom is 0.337 e. The number of carboxylic acid groups (broad SMARTS) is 1. The highest BCUT2D eigenvalue weighted by Crippen LogP contribution is 2.25. The molecule has 0 atom stereocenters. The Morgan fingerprint density at radius 1 is 1.19 bits per heavy atom. The first-order valence-corrected chi connectivity index (χ1v) is 8.20. The zero-order chi connectivity index (χ0) is 15.6. The SMILES string of the molecule is Cc1cccc(C(=O)O)c1NS(=O)(=O)c1cccc(Br)c1. The number of nitrogens with one attached hydrogen (secondary N) is 1. The molecule has 0 unspecified atom stereocenters. The molecule has 0 heterocycles. The first-order valence-electron chi connectivity index (χ1n) is 5.92. The molecule has 0 fully saturated rings. The van der Waals surface area contributed by atoms with Gasteiger partial charge in [-0.1, -0.05) is 34.1 Å². The Balaban J connectivity index is 2.49. The number of para-hydroxylation sites is 1. The number of halogens is 1. The van der Waals surface area contributed by atoms with Gasteiger partial charge < -0.3 is 5.11 Å². The zero-order valence-corrected chi connectivity index (χ0v) is 13.4. The van der Waals surface area contributed by atoms with E-state index in [4.69, 9.17) is 5.11 Å². The van der Waals surface area contributed by atoms with Crippen LogP contribution in [0.1, 0.15) is 15.9 Å². The van der Waals surface area contributed by atoms with Crippen LogP contribution in [0.2, 0.25) is 0 Å². The van der Waals surface area contributed by atoms with Gasteiger partial charge in [0.05, 0.1) is 16.1 Å². The van der Waals surface area contributed by atoms with Crippen molar-refractivity contribution in [2.45, 2.75) is 11.8 Å². The third-order valence-corrected chi connectivity index (χ3v) is 4.69. The van der Waals surface area contributed by atoms with Crippen LogP contribution in [0.15, 0.2) is 51.8 Å². The molecule has 2 rings (SSSR count). The summed E-state index contributed by atoms with van der Waals surface area (Å²) < 4.78 is 27.7. The number of aryl methyl sites for hydroxylation is 1. The highest BCUT2D eigenvalue weighted by atomic mass is 79.9. The average molecular weight is 370 g/mol. The number of benzene rings is 2. The van der Waals surface area contributed by atoms with Crippen molar-refractivity contribution < 1.29 is 18.3 Å². The van der Waals surface area contributed by atoms with Gasteiger partial charge in [0.25, 0.3) is 10.0 Å². The zero-order valence-electron chi connectivity index (χ0n) is 11.0. The fourth-order valence-electron chi connectivity index (χ4n) is 1.81. The van der Waals surface area contributed by atoms with Crippen molar-refractivity contribution in [3.8, 4) is 0 Å². The summed E-state index contributed by atoms with van der Waals surface area (Å²) in [6.07, 6.45) is 0. The van der Waals surface area contributed by atoms with Crippen LogP contribution in [0.25, 0.3) is 0 Å². The number of anilines is 1. The van der Waals surface area contributed by atoms with Crippen LogP contribution in [-0.4, -0.2) is 19.5 Å². The minimum atomic E-state index is -3.86. The van der Waals surface area contributed by atoms with E-state index in [2.05, 4.69) is 20.7 Å². The second-order valence-corrected chi connectivity index (χ2v) is 6.96. The molecule has 0 amide bonds. The van der Waals surface area contributed by atoms with Crippen LogP contribution < -0.4 is 4.72 Å². The molecule has 2 aromatic rings. The average Bonchev–Trinajstić information content (AvgIpc) is 2.40. The lowest BCUT2D eigenvalue weighted by Gasteiger charge is -2.13. The number of rotatable bonds is 4. The van der Waals surface area contributed by atoms with Crippen LogP contribution >= 0.6 is 15.9 Å². The van der Waals surface area contributed by atoms with Crippen LogP contribution in [0.4, 0.5) is 5.69 Å². The smallest absolute Gasteiger partial charge is 0.337 e. The Labute approximate surface area is 130 Å². The van der Waals surface area contributed by atoms with Gasteiger partial charge in [-0.25, -0.2) is 13.2 Å². The summed E-state index contributed by atoms with van der Waals surface area (Å²) in [7, 11) is -3.86. The van der Waals surface area contributed by atoms with E-state index in [0.717, 1.165) is 0 Å². The molecule has 0 aliphatic rings. The quantitative estimate of drug-likeness (QED) is 0.866. The lowest BCUT2D eigenvalue weighted by atomic mass is 10.1. The molecule has 2 aromatic carbocycles. The number of hydrogen-bond donors (Lipinski definition) is 2. The van der Waals surface area contributed by atoms with E-state index in [1.807, 2.05) is 0 Å². The first-order chi connectivity index (χ1) is 9.81. The molecular weight excluding hydrogens is 358 g/mol. The number of aromatic carboxylic acids is 1. The Hall–Kier alpha value is -1.86. The largest absolute Gasteiger partial charge is 0.478 e. The monoisotopic (exact) mass is 369 g/mol. The maximum absolute atomic E-state index is 12.4. The molecular formula is C14H12BrNO4S. The Morgan fingerprint density at radius 3 is 2.48 bits per heavy atom. The standard InChI is InChI=1S/C14H12BrNO4S/c1-9-4-2-7-12(14(17)18)13(9)16-21(19,20)11-6-3-5-10(15)8-11/h2-8,16H,1H3,(H,17,18). The van der Waals surface area contributed by atoms with Gasteiger partial charge in [-0.2, -0.15) is 0 Å². The van der Waals surface area contributed by atoms with Gasteiger partial charge in [0, 0.05) is 4.47 Å². The number of hydrogen-bond acceptors (Lipinski definition) is 3. The Bertz CT molecular complexity index is 802. The lowest BCUT2D eigenvalue weighted by molar-refractivity contribution is 0.0698. The molecule has 0 aliphatic heterocycles. The van der Waals surface area contributed by atoms with E-state index in [9.17, 15) is 13.2 Å². The fraction of sp³-hybridized carbons (Fsp3) is 0.0714. The molecule has 5 nitrogen and oxygen atoms in total. The molecule has 2 N–H and O–H groups in total. The van der Waals surface area contributed by atoms with Crippen LogP contribution in [0.3, 0.4) is 0 Å². The molecule has 0 spiro atoms. The summed E-state index contributed by atoms with van der Waals surface area (Å²) in [5.41, 5.74) is 0.520. The van der Waals surface area contributed by atoms with Crippen molar-refractivity contribution in [2.75, 3.05) is 4.72 Å². The number of carboxylic acids is 1. The third-order valence-electron chi connectivity index (χ3n) is 2.85. The molecule has 0 saturated carbocycles. The van der Waals surface area contributed by atoms with Crippen LogP contribution in [-0.2, 0) is 10.0 Å². The maximum atomic E-state index is 12.4. The summed E-state index contributed by atoms with van der Waals surface area (Å²) in [5, 5.41) is 9.16. The van der Waals surface area contributed by atoms with Crippen molar-refractivity contribution in [3.63, 3.8) is 0 Å². The van der Waals surface area contributed by atoms with Crippen molar-refractivity contribution in [1.82, 2.24) is 0 Å². The predicted octanol–water partition coefficient (Wildman–Crippen LogP) is 3.26. The molecule has 21 heavy (non-hydrogen) atoms. The molecule has 7 heteroatoms. The summed E-state index contributed by atoms with van der Waals surface area (Å²) in [6, 6.07) is 10.7. The van der Waals surface area contributed by atoms with Crippen molar-refractivity contribution in [1.29, 1.82) is 0 Å². The molecule has 0 saturated heterocycles. The van der Waals surface area contributed by atoms with Gasteiger partial charge in [-0.3, -0.25) is 4.72 Å². The molecule has 110 valence electrons. The second kappa shape index (κ2) is 5.87. The van der Waals surface area contributed by atoms with Gasteiger partial charge >= 0.3 is 5.97 Å². The van der Waals surface area contributed by atoms with E-state index in [0.29, 0.717) is 10.0 Å². The topological polar surface area (TPSA) is 83.5 Å². The van der Waals surface area contributed by atoms with Crippen molar-refractivity contribution in [2.24, 2.45) is 0 Å². The highest BCUT2D eigenvalue weighted by Gasteiger charge is 2.20. The molecule has 0 aliphatic carbocycles. The summed E-state index contributed by atoms with van der Waals surface area (Å²) in [4.78, 5) is 11.3. The van der Waals surface area contributed by atoms with Crippen molar-refractivity contribution in [3.05, 3.63) is 58.1 Å². The molecule has 0 aromatic heterocycles. The normalized spacial score (nSPS) is 11.1. The van der Waals surface area contributed by atoms with Gasteiger partial charge in [0.15, 0.2) is 0 Å². The van der Waals surface area contributed by atoms with Gasteiger partial charge in [0.2, 0.25) is 0 Å². The van der Waals surface area contributed by atoms with Gasteiger partial charge in [-0.05, 0) is 36.8 Å². The van der Waals surface area contributed by atoms with E-state index < -0.39 is 16.0 Å². The molecule has 0 radical (unpaired) electrons. The van der Waals surface area contributed by atoms with Crippen LogP contribution in [0, 0.1) is 6.92 Å². The fourth-order valence-corrected chi connectivity index (χ4v) is 3.56. The van der Waals surface area contributed by atoms with Crippen molar-refractivity contribution >= 4 is 37.6 Å². The van der Waals surface area contributed by atoms with E-state index in [1.165, 1.54) is 18.2 Å². The Morgan fingerprint density at radius 2 is 1.86 bits per heavy atom. The number of carbonyl (C=O) groups is 1. The third kappa shape index (κ3) is 3.43. The lowest BCUT2D eigenvalue weighted by Crippen LogP contribution is -2.16. The van der Waals surface area contributed by atoms with Gasteiger partial charge in [-0.15, -0.1) is 0 Å². The summed E-state index contributed by atoms with van der Waals surface area (Å²) in [5.74, 6) is -1.19. The summed E-state index contributed by atoms with van der Waals surface area (Å²) in [6.45, 7) is 1.64. The second-order valence-electron chi connectivity index (χ2n) is 4.37. The minimum Gasteiger partial charge on any atom is -0.478 e. The van der Waals surface area contributed by atoms with E-state index >= 15 is 0 Å². The van der Waals surface area contributed by atoms with Gasteiger partial charge in [0.1, 0.15) is 0 Å².